The molecule has 0 aromatic carbocycles. The van der Waals surface area contributed by atoms with Gasteiger partial charge in [-0.25, -0.2) is 0 Å². The largest absolute Gasteiger partial charge is 0.315 e. The molecule has 0 spiro atoms. The van der Waals surface area contributed by atoms with Crippen molar-refractivity contribution in [1.82, 2.24) is 26.2 Å². The average Bonchev–Trinajstić information content (AvgIpc) is 2.61. The van der Waals surface area contributed by atoms with Crippen LogP contribution < -0.4 is 22.0 Å². The first-order valence-corrected chi connectivity index (χ1v) is 5.88. The number of rotatable bonds is 0. The maximum atomic E-state index is 6.15. The van der Waals surface area contributed by atoms with Gasteiger partial charge in [-0.1, -0.05) is 0 Å². The molecule has 0 aromatic heterocycles. The van der Waals surface area contributed by atoms with Gasteiger partial charge in [-0.15, -0.1) is 5.53 Å². The summed E-state index contributed by atoms with van der Waals surface area (Å²) in [5.41, 5.74) is 15.2. The smallest absolute Gasteiger partial charge is 0.0728 e. The lowest BCUT2D eigenvalue weighted by Crippen LogP contribution is -2.71. The first kappa shape index (κ1) is 10.3. The molecule has 6 nitrogen and oxygen atoms in total. The fourth-order valence-electron chi connectivity index (χ4n) is 3.06. The van der Waals surface area contributed by atoms with E-state index in [1.165, 1.54) is 11.4 Å². The minimum Gasteiger partial charge on any atom is -0.315 e. The SMILES string of the molecule is CC1=C2CN(C)C3C(N)NCCC3N2NN1. The third-order valence-electron chi connectivity index (χ3n) is 3.91. The van der Waals surface area contributed by atoms with E-state index in [2.05, 4.69) is 40.2 Å². The molecule has 6 heteroatoms. The van der Waals surface area contributed by atoms with Gasteiger partial charge >= 0.3 is 0 Å². The molecule has 3 unspecified atom stereocenters. The molecule has 3 aliphatic heterocycles. The van der Waals surface area contributed by atoms with E-state index in [1.807, 2.05) is 0 Å². The number of nitrogens with zero attached hydrogens (tertiary/aromatic N) is 2. The number of hydrazine groups is 2. The Morgan fingerprint density at radius 2 is 2.25 bits per heavy atom. The molecular weight excluding hydrogens is 204 g/mol. The topological polar surface area (TPSA) is 68.6 Å². The Bertz CT molecular complexity index is 327. The van der Waals surface area contributed by atoms with Gasteiger partial charge < -0.3 is 16.5 Å². The van der Waals surface area contributed by atoms with Crippen LogP contribution in [0.25, 0.3) is 0 Å². The summed E-state index contributed by atoms with van der Waals surface area (Å²) in [4.78, 5) is 2.35. The van der Waals surface area contributed by atoms with Gasteiger partial charge in [0.25, 0.3) is 0 Å². The number of hydrogen-bond acceptors (Lipinski definition) is 6. The fraction of sp³-hybridized carbons (Fsp3) is 0.800. The Morgan fingerprint density at radius 3 is 3.06 bits per heavy atom. The number of hydrogen-bond donors (Lipinski definition) is 4. The summed E-state index contributed by atoms with van der Waals surface area (Å²) in [6.07, 6.45) is 1.18. The monoisotopic (exact) mass is 224 g/mol. The first-order chi connectivity index (χ1) is 7.68. The Labute approximate surface area is 95.8 Å². The molecule has 3 rings (SSSR count). The molecule has 0 amide bonds. The second-order valence-corrected chi connectivity index (χ2v) is 4.92. The van der Waals surface area contributed by atoms with E-state index < -0.39 is 0 Å². The number of nitrogens with two attached hydrogens (primary N) is 1. The number of likely N-dealkylation sites (N-methyl/N-ethyl adjacent to an activating group) is 1. The minimum atomic E-state index is 0.0630. The van der Waals surface area contributed by atoms with Crippen molar-refractivity contribution in [3.8, 4) is 0 Å². The van der Waals surface area contributed by atoms with E-state index in [-0.39, 0.29) is 6.17 Å². The van der Waals surface area contributed by atoms with Gasteiger partial charge in [-0.2, -0.15) is 0 Å². The maximum Gasteiger partial charge on any atom is 0.0728 e. The molecule has 5 N–H and O–H groups in total. The van der Waals surface area contributed by atoms with Crippen LogP contribution in [0.5, 0.6) is 0 Å². The van der Waals surface area contributed by atoms with Crippen LogP contribution in [0.15, 0.2) is 11.4 Å². The second kappa shape index (κ2) is 3.59. The van der Waals surface area contributed by atoms with Crippen LogP contribution in [0.1, 0.15) is 13.3 Å². The molecule has 0 bridgehead atoms. The van der Waals surface area contributed by atoms with E-state index in [0.29, 0.717) is 12.1 Å². The quantitative estimate of drug-likeness (QED) is 0.402. The highest BCUT2D eigenvalue weighted by Crippen LogP contribution is 2.29. The zero-order valence-corrected chi connectivity index (χ0v) is 9.83. The van der Waals surface area contributed by atoms with Gasteiger partial charge in [-0.05, 0) is 26.9 Å². The van der Waals surface area contributed by atoms with Crippen molar-refractivity contribution < 1.29 is 0 Å². The van der Waals surface area contributed by atoms with Crippen LogP contribution in [0, 0.1) is 0 Å². The van der Waals surface area contributed by atoms with Crippen molar-refractivity contribution in [2.75, 3.05) is 20.1 Å². The molecule has 0 saturated carbocycles. The number of piperidine rings is 1. The Balaban J connectivity index is 1.92. The van der Waals surface area contributed by atoms with E-state index >= 15 is 0 Å². The van der Waals surface area contributed by atoms with Gasteiger partial charge in [0.05, 0.1) is 23.9 Å². The summed E-state index contributed by atoms with van der Waals surface area (Å²) in [6, 6.07) is 0.827. The van der Waals surface area contributed by atoms with Crippen molar-refractivity contribution in [1.29, 1.82) is 0 Å². The predicted molar refractivity (Wildman–Crippen MR) is 61.6 cm³/mol. The third-order valence-corrected chi connectivity index (χ3v) is 3.91. The first-order valence-electron chi connectivity index (χ1n) is 5.88. The van der Waals surface area contributed by atoms with Crippen molar-refractivity contribution in [3.63, 3.8) is 0 Å². The molecule has 3 aliphatic rings. The van der Waals surface area contributed by atoms with Crippen LogP contribution in [0.2, 0.25) is 0 Å². The molecule has 2 saturated heterocycles. The number of piperazine rings is 1. The molecule has 16 heavy (non-hydrogen) atoms. The van der Waals surface area contributed by atoms with Crippen LogP contribution in [0.4, 0.5) is 0 Å². The lowest BCUT2D eigenvalue weighted by molar-refractivity contribution is 0.00368. The van der Waals surface area contributed by atoms with Gasteiger partial charge in [0.15, 0.2) is 0 Å². The van der Waals surface area contributed by atoms with Crippen molar-refractivity contribution in [2.45, 2.75) is 31.6 Å². The van der Waals surface area contributed by atoms with Gasteiger partial charge in [0.2, 0.25) is 0 Å². The molecule has 2 fully saturated rings. The Morgan fingerprint density at radius 1 is 1.44 bits per heavy atom. The van der Waals surface area contributed by atoms with E-state index in [4.69, 9.17) is 5.73 Å². The van der Waals surface area contributed by atoms with E-state index in [0.717, 1.165) is 19.5 Å². The Kier molecular flexibility index (Phi) is 2.32. The van der Waals surface area contributed by atoms with Crippen LogP contribution in [0.3, 0.4) is 0 Å². The summed E-state index contributed by atoms with van der Waals surface area (Å²) in [6.45, 7) is 4.04. The summed E-state index contributed by atoms with van der Waals surface area (Å²) < 4.78 is 0. The average molecular weight is 224 g/mol. The fourth-order valence-corrected chi connectivity index (χ4v) is 3.06. The molecule has 90 valence electrons. The predicted octanol–water partition coefficient (Wildman–Crippen LogP) is -1.50. The van der Waals surface area contributed by atoms with Gasteiger partial charge in [0, 0.05) is 12.2 Å². The molecule has 0 radical (unpaired) electrons. The third kappa shape index (κ3) is 1.34. The van der Waals surface area contributed by atoms with E-state index in [1.54, 1.807) is 0 Å². The van der Waals surface area contributed by atoms with Crippen LogP contribution >= 0.6 is 0 Å². The van der Waals surface area contributed by atoms with E-state index in [9.17, 15) is 0 Å². The summed E-state index contributed by atoms with van der Waals surface area (Å²) in [5, 5.41) is 5.61. The molecular formula is C10H20N6. The summed E-state index contributed by atoms with van der Waals surface area (Å²) in [7, 11) is 2.15. The molecule has 3 heterocycles. The highest BCUT2D eigenvalue weighted by atomic mass is 15.7. The zero-order chi connectivity index (χ0) is 11.3. The number of nitrogens with one attached hydrogen (secondary N) is 3. The highest BCUT2D eigenvalue weighted by molar-refractivity contribution is 5.20. The number of allylic oxidation sites excluding steroid dienone is 1. The Hall–Kier alpha value is -0.820. The van der Waals surface area contributed by atoms with Gasteiger partial charge in [0.1, 0.15) is 0 Å². The lowest BCUT2D eigenvalue weighted by Gasteiger charge is -2.50. The normalized spacial score (nSPS) is 39.4. The van der Waals surface area contributed by atoms with Crippen molar-refractivity contribution in [2.24, 2.45) is 5.73 Å². The lowest BCUT2D eigenvalue weighted by atomic mass is 9.93. The molecule has 0 aliphatic carbocycles. The minimum absolute atomic E-state index is 0.0630. The standard InChI is InChI=1S/C10H20N6/c1-6-8-5-15(2)9-7(16(8)14-13-6)3-4-12-10(9)11/h7,9-10,12-14H,3-5,11H2,1-2H3. The van der Waals surface area contributed by atoms with Crippen molar-refractivity contribution >= 4 is 0 Å². The zero-order valence-electron chi connectivity index (χ0n) is 9.83. The van der Waals surface area contributed by atoms with Gasteiger partial charge in [-0.3, -0.25) is 9.91 Å². The highest BCUT2D eigenvalue weighted by Gasteiger charge is 2.44. The van der Waals surface area contributed by atoms with Crippen LogP contribution in [-0.4, -0.2) is 48.3 Å². The number of fused-ring (bicyclic) bond motifs is 3. The van der Waals surface area contributed by atoms with Crippen molar-refractivity contribution in [3.05, 3.63) is 11.4 Å². The summed E-state index contributed by atoms with van der Waals surface area (Å²) in [5.74, 6) is 0. The second-order valence-electron chi connectivity index (χ2n) is 4.92. The summed E-state index contributed by atoms with van der Waals surface area (Å²) >= 11 is 0. The van der Waals surface area contributed by atoms with Crippen LogP contribution in [-0.2, 0) is 0 Å². The maximum absolute atomic E-state index is 6.15. The molecule has 0 aromatic rings. The molecule has 3 atom stereocenters.